The van der Waals surface area contributed by atoms with E-state index in [-0.39, 0.29) is 17.2 Å². The van der Waals surface area contributed by atoms with Crippen molar-refractivity contribution in [2.24, 2.45) is 0 Å². The molecule has 4 heteroatoms. The van der Waals surface area contributed by atoms with Crippen molar-refractivity contribution in [3.05, 3.63) is 64.3 Å². The van der Waals surface area contributed by atoms with Crippen LogP contribution in [0.2, 0.25) is 0 Å². The van der Waals surface area contributed by atoms with Crippen molar-refractivity contribution in [3.63, 3.8) is 0 Å². The van der Waals surface area contributed by atoms with Gasteiger partial charge in [0.2, 0.25) is 0 Å². The number of Topliss-reactive ketones (excluding diaryl/α,β-unsaturated/α-hetero) is 1. The van der Waals surface area contributed by atoms with E-state index in [1.54, 1.807) is 0 Å². The Morgan fingerprint density at radius 2 is 1.76 bits per heavy atom. The van der Waals surface area contributed by atoms with Gasteiger partial charge in [-0.15, -0.1) is 0 Å². The number of benzene rings is 1. The topological polar surface area (TPSA) is 39.1 Å². The largest absolute Gasteiger partial charge is 0.294 e. The van der Waals surface area contributed by atoms with E-state index < -0.39 is 0 Å². The molecule has 0 spiro atoms. The molecule has 0 bridgehead atoms. The van der Waals surface area contributed by atoms with Gasteiger partial charge in [-0.1, -0.05) is 0 Å². The van der Waals surface area contributed by atoms with Gasteiger partial charge in [-0.25, -0.2) is 4.39 Å². The molecule has 2 rings (SSSR count). The molecule has 1 aromatic carbocycles. The predicted octanol–water partition coefficient (Wildman–Crippen LogP) is 2.18. The molecule has 0 aliphatic rings. The van der Waals surface area contributed by atoms with E-state index in [0.717, 1.165) is 0 Å². The molecule has 0 unspecified atom stereocenters. The van der Waals surface area contributed by atoms with E-state index in [4.69, 9.17) is 0 Å². The van der Waals surface area contributed by atoms with Crippen molar-refractivity contribution in [1.82, 2.24) is 4.57 Å². The first-order valence-electron chi connectivity index (χ1n) is 5.07. The Balaban J connectivity index is 2.58. The average Bonchev–Trinajstić information content (AvgIpc) is 2.31. The number of carbonyl (C=O) groups is 1. The van der Waals surface area contributed by atoms with Crippen molar-refractivity contribution in [2.75, 3.05) is 0 Å². The van der Waals surface area contributed by atoms with Crippen molar-refractivity contribution >= 4 is 5.78 Å². The Kier molecular flexibility index (Phi) is 2.87. The zero-order valence-corrected chi connectivity index (χ0v) is 9.18. The molecule has 17 heavy (non-hydrogen) atoms. The maximum absolute atomic E-state index is 12.8. The van der Waals surface area contributed by atoms with Gasteiger partial charge >= 0.3 is 0 Å². The van der Waals surface area contributed by atoms with E-state index in [2.05, 4.69) is 0 Å². The predicted molar refractivity (Wildman–Crippen MR) is 62.0 cm³/mol. The maximum Gasteiger partial charge on any atom is 0.255 e. The molecule has 0 saturated carbocycles. The summed E-state index contributed by atoms with van der Waals surface area (Å²) >= 11 is 0. The fourth-order valence-electron chi connectivity index (χ4n) is 1.50. The monoisotopic (exact) mass is 231 g/mol. The molecule has 86 valence electrons. The lowest BCUT2D eigenvalue weighted by atomic mass is 10.2. The summed E-state index contributed by atoms with van der Waals surface area (Å²) < 4.78 is 14.1. The molecule has 0 radical (unpaired) electrons. The Bertz CT molecular complexity index is 614. The van der Waals surface area contributed by atoms with E-state index >= 15 is 0 Å². The fourth-order valence-corrected chi connectivity index (χ4v) is 1.50. The van der Waals surface area contributed by atoms with Gasteiger partial charge in [-0.2, -0.15) is 0 Å². The highest BCUT2D eigenvalue weighted by Crippen LogP contribution is 2.08. The molecule has 0 amide bonds. The minimum atomic E-state index is -0.371. The van der Waals surface area contributed by atoms with E-state index in [9.17, 15) is 14.0 Å². The summed E-state index contributed by atoms with van der Waals surface area (Å²) in [6, 6.07) is 8.30. The third-order valence-corrected chi connectivity index (χ3v) is 2.42. The molecule has 0 N–H and O–H groups in total. The van der Waals surface area contributed by atoms with Gasteiger partial charge in [0.15, 0.2) is 5.78 Å². The number of rotatable bonds is 2. The highest BCUT2D eigenvalue weighted by atomic mass is 19.1. The van der Waals surface area contributed by atoms with Crippen LogP contribution in [0, 0.1) is 5.82 Å². The fraction of sp³-hybridized carbons (Fsp3) is 0.0769. The van der Waals surface area contributed by atoms with Gasteiger partial charge in [0.1, 0.15) is 5.82 Å². The van der Waals surface area contributed by atoms with E-state index in [1.165, 1.54) is 54.1 Å². The van der Waals surface area contributed by atoms with Crippen LogP contribution in [0.25, 0.3) is 5.69 Å². The Morgan fingerprint density at radius 3 is 2.35 bits per heavy atom. The van der Waals surface area contributed by atoms with Crippen LogP contribution in [-0.2, 0) is 0 Å². The molecule has 0 atom stereocenters. The van der Waals surface area contributed by atoms with Crippen molar-refractivity contribution in [1.29, 1.82) is 0 Å². The number of carbonyl (C=O) groups excluding carboxylic acids is 1. The number of ketones is 1. The summed E-state index contributed by atoms with van der Waals surface area (Å²) in [4.78, 5) is 22.9. The van der Waals surface area contributed by atoms with Crippen molar-refractivity contribution in [2.45, 2.75) is 6.92 Å². The quantitative estimate of drug-likeness (QED) is 0.743. The van der Waals surface area contributed by atoms with Crippen LogP contribution in [0.4, 0.5) is 4.39 Å². The van der Waals surface area contributed by atoms with Crippen LogP contribution in [0.1, 0.15) is 17.3 Å². The third-order valence-electron chi connectivity index (χ3n) is 2.42. The maximum atomic E-state index is 12.8. The molecule has 0 aliphatic heterocycles. The highest BCUT2D eigenvalue weighted by molar-refractivity contribution is 5.93. The van der Waals surface area contributed by atoms with Crippen LogP contribution in [0.15, 0.2) is 47.4 Å². The van der Waals surface area contributed by atoms with Crippen molar-refractivity contribution < 1.29 is 9.18 Å². The number of nitrogens with zero attached hydrogens (tertiary/aromatic N) is 1. The van der Waals surface area contributed by atoms with E-state index in [0.29, 0.717) is 11.3 Å². The first kappa shape index (κ1) is 11.3. The molecular weight excluding hydrogens is 221 g/mol. The lowest BCUT2D eigenvalue weighted by Gasteiger charge is -2.06. The molecule has 0 fully saturated rings. The zero-order chi connectivity index (χ0) is 12.4. The summed E-state index contributed by atoms with van der Waals surface area (Å²) in [6.45, 7) is 1.43. The van der Waals surface area contributed by atoms with Crippen LogP contribution < -0.4 is 5.56 Å². The molecule has 0 aliphatic carbocycles. The van der Waals surface area contributed by atoms with Crippen molar-refractivity contribution in [3.8, 4) is 5.69 Å². The normalized spacial score (nSPS) is 10.2. The lowest BCUT2D eigenvalue weighted by molar-refractivity contribution is 0.101. The average molecular weight is 231 g/mol. The van der Waals surface area contributed by atoms with Crippen LogP contribution in [-0.4, -0.2) is 10.4 Å². The van der Waals surface area contributed by atoms with Gasteiger partial charge in [0, 0.05) is 23.5 Å². The summed E-state index contributed by atoms with van der Waals surface area (Å²) in [5.41, 5.74) is 0.704. The first-order valence-corrected chi connectivity index (χ1v) is 5.07. The Hall–Kier alpha value is -2.23. The molecular formula is C13H10FNO2. The SMILES string of the molecule is CC(=O)c1ccc(=O)n(-c2ccc(F)cc2)c1. The highest BCUT2D eigenvalue weighted by Gasteiger charge is 2.04. The molecule has 3 nitrogen and oxygen atoms in total. The minimum Gasteiger partial charge on any atom is -0.294 e. The van der Waals surface area contributed by atoms with Gasteiger partial charge in [-0.05, 0) is 37.3 Å². The number of hydrogen-bond donors (Lipinski definition) is 0. The van der Waals surface area contributed by atoms with Gasteiger partial charge in [-0.3, -0.25) is 14.2 Å². The second kappa shape index (κ2) is 4.33. The Morgan fingerprint density at radius 1 is 1.12 bits per heavy atom. The molecule has 1 heterocycles. The molecule has 2 aromatic rings. The first-order chi connectivity index (χ1) is 8.08. The second-order valence-electron chi connectivity index (χ2n) is 3.66. The van der Waals surface area contributed by atoms with Crippen LogP contribution in [0.3, 0.4) is 0 Å². The lowest BCUT2D eigenvalue weighted by Crippen LogP contribution is -2.17. The smallest absolute Gasteiger partial charge is 0.255 e. The Labute approximate surface area is 97.1 Å². The third kappa shape index (κ3) is 2.30. The number of hydrogen-bond acceptors (Lipinski definition) is 2. The molecule has 1 aromatic heterocycles. The summed E-state index contributed by atoms with van der Waals surface area (Å²) in [7, 11) is 0. The van der Waals surface area contributed by atoms with Gasteiger partial charge in [0.05, 0.1) is 0 Å². The van der Waals surface area contributed by atoms with Crippen LogP contribution in [0.5, 0.6) is 0 Å². The number of halogens is 1. The van der Waals surface area contributed by atoms with Crippen LogP contribution >= 0.6 is 0 Å². The standard InChI is InChI=1S/C13H10FNO2/c1-9(16)10-2-7-13(17)15(8-10)12-5-3-11(14)4-6-12/h2-8H,1H3. The summed E-state index contributed by atoms with van der Waals surface area (Å²) in [6.07, 6.45) is 1.46. The van der Waals surface area contributed by atoms with Gasteiger partial charge in [0.25, 0.3) is 5.56 Å². The molecule has 0 saturated heterocycles. The number of aromatic nitrogens is 1. The summed E-state index contributed by atoms with van der Waals surface area (Å²) in [5, 5.41) is 0. The second-order valence-corrected chi connectivity index (χ2v) is 3.66. The minimum absolute atomic E-state index is 0.124. The van der Waals surface area contributed by atoms with Gasteiger partial charge < -0.3 is 0 Å². The van der Waals surface area contributed by atoms with E-state index in [1.807, 2.05) is 0 Å². The summed E-state index contributed by atoms with van der Waals surface area (Å²) in [5.74, 6) is -0.495. The zero-order valence-electron chi connectivity index (χ0n) is 9.18. The number of pyridine rings is 1.